The van der Waals surface area contributed by atoms with Crippen LogP contribution in [0.2, 0.25) is 0 Å². The molecule has 0 spiro atoms. The molecule has 0 aliphatic heterocycles. The van der Waals surface area contributed by atoms with Crippen LogP contribution in [0.4, 0.5) is 13.2 Å². The normalized spacial score (nSPS) is 11.1. The summed E-state index contributed by atoms with van der Waals surface area (Å²) in [5.41, 5.74) is -0.267. The average molecular weight is 316 g/mol. The van der Waals surface area contributed by atoms with Gasteiger partial charge in [-0.05, 0) is 28.6 Å². The summed E-state index contributed by atoms with van der Waals surface area (Å²) in [6.07, 6.45) is -4.45. The van der Waals surface area contributed by atoms with Crippen LogP contribution in [0.15, 0.2) is 18.2 Å². The number of aromatic nitrogens is 4. The number of aldehydes is 1. The summed E-state index contributed by atoms with van der Waals surface area (Å²) in [5.74, 6) is -2.26. The Kier molecular flexibility index (Phi) is 4.06. The molecule has 1 aromatic heterocycles. The van der Waals surface area contributed by atoms with Gasteiger partial charge in [0.05, 0.1) is 11.3 Å². The van der Waals surface area contributed by atoms with E-state index in [0.29, 0.717) is 11.0 Å². The molecule has 0 radical (unpaired) electrons. The maximum Gasteiger partial charge on any atom is 0.453 e. The van der Waals surface area contributed by atoms with Crippen molar-refractivity contribution in [2.75, 3.05) is 0 Å². The Balaban J connectivity index is 2.40. The molecule has 1 aromatic carbocycles. The lowest BCUT2D eigenvalue weighted by molar-refractivity contribution is -0.210. The zero-order chi connectivity index (χ0) is 16.3. The van der Waals surface area contributed by atoms with E-state index in [2.05, 4.69) is 25.3 Å². The Hall–Kier alpha value is -2.98. The SMILES string of the molecule is CC(=O)OOc1ccc(-n2nnnc2C(F)(F)F)cc1C=O. The molecule has 0 amide bonds. The first-order valence-corrected chi connectivity index (χ1v) is 5.63. The summed E-state index contributed by atoms with van der Waals surface area (Å²) >= 11 is 0. The fraction of sp³-hybridized carbons (Fsp3) is 0.182. The van der Waals surface area contributed by atoms with Gasteiger partial charge in [0, 0.05) is 6.92 Å². The van der Waals surface area contributed by atoms with Gasteiger partial charge >= 0.3 is 12.1 Å². The summed E-state index contributed by atoms with van der Waals surface area (Å²) in [6, 6.07) is 3.36. The van der Waals surface area contributed by atoms with Gasteiger partial charge < -0.3 is 0 Å². The smallest absolute Gasteiger partial charge is 0.298 e. The van der Waals surface area contributed by atoms with E-state index in [4.69, 9.17) is 0 Å². The van der Waals surface area contributed by atoms with Crippen LogP contribution in [-0.4, -0.2) is 32.5 Å². The van der Waals surface area contributed by atoms with Gasteiger partial charge in [-0.1, -0.05) is 0 Å². The molecule has 0 aliphatic rings. The molecule has 1 heterocycles. The number of halogens is 3. The Morgan fingerprint density at radius 2 is 2.09 bits per heavy atom. The van der Waals surface area contributed by atoms with Gasteiger partial charge in [0.25, 0.3) is 5.82 Å². The molecule has 22 heavy (non-hydrogen) atoms. The minimum atomic E-state index is -4.77. The van der Waals surface area contributed by atoms with Crippen molar-refractivity contribution >= 4 is 12.3 Å². The predicted molar refractivity (Wildman–Crippen MR) is 61.9 cm³/mol. The molecular formula is C11H7F3N4O4. The predicted octanol–water partition coefficient (Wildman–Crippen LogP) is 1.35. The Morgan fingerprint density at radius 1 is 1.36 bits per heavy atom. The number of hydrogen-bond acceptors (Lipinski definition) is 7. The Labute approximate surface area is 120 Å². The van der Waals surface area contributed by atoms with E-state index in [0.717, 1.165) is 25.1 Å². The third kappa shape index (κ3) is 3.19. The molecule has 2 aromatic rings. The second kappa shape index (κ2) is 5.79. The molecule has 0 unspecified atom stereocenters. The van der Waals surface area contributed by atoms with E-state index in [1.807, 2.05) is 0 Å². The van der Waals surface area contributed by atoms with Crippen LogP contribution >= 0.6 is 0 Å². The van der Waals surface area contributed by atoms with E-state index in [-0.39, 0.29) is 17.0 Å². The van der Waals surface area contributed by atoms with Crippen molar-refractivity contribution in [1.82, 2.24) is 20.2 Å². The molecular weight excluding hydrogens is 309 g/mol. The summed E-state index contributed by atoms with van der Waals surface area (Å²) in [7, 11) is 0. The summed E-state index contributed by atoms with van der Waals surface area (Å²) in [6.45, 7) is 1.08. The maximum absolute atomic E-state index is 12.7. The highest BCUT2D eigenvalue weighted by molar-refractivity contribution is 5.80. The topological polar surface area (TPSA) is 96.2 Å². The molecule has 11 heteroatoms. The molecule has 0 bridgehead atoms. The van der Waals surface area contributed by atoms with E-state index in [9.17, 15) is 22.8 Å². The number of benzene rings is 1. The van der Waals surface area contributed by atoms with Crippen molar-refractivity contribution < 1.29 is 32.5 Å². The van der Waals surface area contributed by atoms with Gasteiger partial charge in [0.1, 0.15) is 0 Å². The standard InChI is InChI=1S/C11H7F3N4O4/c1-6(20)21-22-9-3-2-8(4-7(9)5-19)18-10(11(12,13)14)15-16-17-18/h2-5H,1H3. The van der Waals surface area contributed by atoms with Gasteiger partial charge in [-0.25, -0.2) is 4.79 Å². The molecule has 116 valence electrons. The van der Waals surface area contributed by atoms with Crippen molar-refractivity contribution in [3.05, 3.63) is 29.6 Å². The third-order valence-electron chi connectivity index (χ3n) is 2.34. The van der Waals surface area contributed by atoms with E-state index in [1.54, 1.807) is 0 Å². The van der Waals surface area contributed by atoms with Crippen molar-refractivity contribution in [2.24, 2.45) is 0 Å². The van der Waals surface area contributed by atoms with Crippen molar-refractivity contribution in [2.45, 2.75) is 13.1 Å². The van der Waals surface area contributed by atoms with Crippen LogP contribution in [0.5, 0.6) is 5.75 Å². The zero-order valence-electron chi connectivity index (χ0n) is 10.9. The second-order valence-electron chi connectivity index (χ2n) is 3.91. The largest absolute Gasteiger partial charge is 0.453 e. The van der Waals surface area contributed by atoms with Crippen molar-refractivity contribution in [1.29, 1.82) is 0 Å². The monoisotopic (exact) mass is 316 g/mol. The Morgan fingerprint density at radius 3 is 2.68 bits per heavy atom. The lowest BCUT2D eigenvalue weighted by Crippen LogP contribution is -2.15. The number of nitrogens with zero attached hydrogens (tertiary/aromatic N) is 4. The molecule has 0 N–H and O–H groups in total. The third-order valence-corrected chi connectivity index (χ3v) is 2.34. The van der Waals surface area contributed by atoms with Gasteiger partial charge in [-0.15, -0.1) is 5.10 Å². The molecule has 2 rings (SSSR count). The van der Waals surface area contributed by atoms with Crippen LogP contribution < -0.4 is 4.89 Å². The molecule has 0 saturated heterocycles. The highest BCUT2D eigenvalue weighted by atomic mass is 19.4. The molecule has 0 saturated carbocycles. The van der Waals surface area contributed by atoms with E-state index < -0.39 is 18.0 Å². The molecule has 8 nitrogen and oxygen atoms in total. The van der Waals surface area contributed by atoms with Gasteiger partial charge in [0.15, 0.2) is 12.0 Å². The summed E-state index contributed by atoms with van der Waals surface area (Å²) in [4.78, 5) is 30.5. The number of alkyl halides is 3. The first-order valence-electron chi connectivity index (χ1n) is 5.63. The fourth-order valence-electron chi connectivity index (χ4n) is 1.48. The van der Waals surface area contributed by atoms with Crippen LogP contribution in [0.1, 0.15) is 23.1 Å². The zero-order valence-corrected chi connectivity index (χ0v) is 10.9. The van der Waals surface area contributed by atoms with E-state index in [1.165, 1.54) is 0 Å². The maximum atomic E-state index is 12.7. The molecule has 0 atom stereocenters. The molecule has 0 aliphatic carbocycles. The van der Waals surface area contributed by atoms with Crippen LogP contribution in [0, 0.1) is 0 Å². The highest BCUT2D eigenvalue weighted by Crippen LogP contribution is 2.29. The lowest BCUT2D eigenvalue weighted by Gasteiger charge is -2.09. The number of tetrazole rings is 1. The van der Waals surface area contributed by atoms with E-state index >= 15 is 0 Å². The quantitative estimate of drug-likeness (QED) is 0.477. The van der Waals surface area contributed by atoms with Gasteiger partial charge in [-0.2, -0.15) is 17.9 Å². The average Bonchev–Trinajstić information content (AvgIpc) is 2.94. The number of carbonyl (C=O) groups is 2. The highest BCUT2D eigenvalue weighted by Gasteiger charge is 2.38. The van der Waals surface area contributed by atoms with Crippen LogP contribution in [-0.2, 0) is 15.9 Å². The second-order valence-corrected chi connectivity index (χ2v) is 3.91. The first-order chi connectivity index (χ1) is 10.3. The summed E-state index contributed by atoms with van der Waals surface area (Å²) in [5, 5.41) is 9.07. The van der Waals surface area contributed by atoms with Crippen molar-refractivity contribution in [3.8, 4) is 11.4 Å². The minimum Gasteiger partial charge on any atom is -0.298 e. The Bertz CT molecular complexity index is 714. The van der Waals surface area contributed by atoms with Crippen molar-refractivity contribution in [3.63, 3.8) is 0 Å². The fourth-order valence-corrected chi connectivity index (χ4v) is 1.48. The number of carbonyl (C=O) groups excluding carboxylic acids is 2. The van der Waals surface area contributed by atoms with Crippen LogP contribution in [0.3, 0.4) is 0 Å². The number of rotatable bonds is 4. The molecule has 0 fully saturated rings. The summed E-state index contributed by atoms with van der Waals surface area (Å²) < 4.78 is 38.6. The van der Waals surface area contributed by atoms with Crippen LogP contribution in [0.25, 0.3) is 5.69 Å². The van der Waals surface area contributed by atoms with Gasteiger partial charge in [-0.3, -0.25) is 14.6 Å². The van der Waals surface area contributed by atoms with Gasteiger partial charge in [0.2, 0.25) is 0 Å². The minimum absolute atomic E-state index is 0.116. The number of hydrogen-bond donors (Lipinski definition) is 0. The lowest BCUT2D eigenvalue weighted by atomic mass is 10.2. The first kappa shape index (κ1) is 15.4.